The van der Waals surface area contributed by atoms with E-state index in [4.69, 9.17) is 9.47 Å². The highest BCUT2D eigenvalue weighted by Crippen LogP contribution is 2.31. The molecule has 0 aliphatic rings. The molecule has 0 atom stereocenters. The number of nitro groups is 1. The summed E-state index contributed by atoms with van der Waals surface area (Å²) in [5, 5.41) is 14.1. The Hall–Kier alpha value is -1.96. The van der Waals surface area contributed by atoms with E-state index < -0.39 is 4.92 Å². The molecule has 1 aromatic heterocycles. The lowest BCUT2D eigenvalue weighted by Crippen LogP contribution is -2.25. The average Bonchev–Trinajstić information content (AvgIpc) is 2.44. The maximum absolute atomic E-state index is 11.2. The lowest BCUT2D eigenvalue weighted by atomic mass is 10.1. The SMILES string of the molecule is CCCNc1ncnc(OCCC(C)(C)OC)c1[N+](=O)[O-]. The Morgan fingerprint density at radius 1 is 1.43 bits per heavy atom. The Kier molecular flexibility index (Phi) is 6.29. The smallest absolute Gasteiger partial charge is 0.372 e. The van der Waals surface area contributed by atoms with Gasteiger partial charge in [0, 0.05) is 20.1 Å². The Morgan fingerprint density at radius 3 is 2.71 bits per heavy atom. The zero-order valence-electron chi connectivity index (χ0n) is 12.9. The molecule has 0 amide bonds. The van der Waals surface area contributed by atoms with Gasteiger partial charge in [0.1, 0.15) is 6.33 Å². The number of methoxy groups -OCH3 is 1. The summed E-state index contributed by atoms with van der Waals surface area (Å²) >= 11 is 0. The first-order valence-corrected chi connectivity index (χ1v) is 6.82. The zero-order chi connectivity index (χ0) is 15.9. The summed E-state index contributed by atoms with van der Waals surface area (Å²) < 4.78 is 10.7. The second kappa shape index (κ2) is 7.72. The maximum Gasteiger partial charge on any atom is 0.372 e. The minimum absolute atomic E-state index is 0.0273. The highest BCUT2D eigenvalue weighted by Gasteiger charge is 2.25. The lowest BCUT2D eigenvalue weighted by molar-refractivity contribution is -0.385. The number of rotatable bonds is 9. The molecule has 0 aromatic carbocycles. The Morgan fingerprint density at radius 2 is 2.14 bits per heavy atom. The molecule has 0 fully saturated rings. The fraction of sp³-hybridized carbons (Fsp3) is 0.692. The van der Waals surface area contributed by atoms with Crippen molar-refractivity contribution in [1.29, 1.82) is 0 Å². The lowest BCUT2D eigenvalue weighted by Gasteiger charge is -2.22. The summed E-state index contributed by atoms with van der Waals surface area (Å²) in [4.78, 5) is 18.4. The number of anilines is 1. The van der Waals surface area contributed by atoms with Gasteiger partial charge in [-0.25, -0.2) is 4.98 Å². The number of nitrogens with one attached hydrogen (secondary N) is 1. The van der Waals surface area contributed by atoms with Gasteiger partial charge in [-0.15, -0.1) is 0 Å². The van der Waals surface area contributed by atoms with Gasteiger partial charge in [0.05, 0.1) is 17.1 Å². The number of ether oxygens (including phenoxy) is 2. The van der Waals surface area contributed by atoms with Gasteiger partial charge >= 0.3 is 5.69 Å². The summed E-state index contributed by atoms with van der Waals surface area (Å²) in [6.07, 6.45) is 2.67. The third kappa shape index (κ3) is 5.14. The van der Waals surface area contributed by atoms with Gasteiger partial charge in [0.15, 0.2) is 0 Å². The van der Waals surface area contributed by atoms with E-state index >= 15 is 0 Å². The van der Waals surface area contributed by atoms with Crippen LogP contribution in [0.2, 0.25) is 0 Å². The molecule has 1 N–H and O–H groups in total. The molecule has 0 bridgehead atoms. The Balaban J connectivity index is 2.83. The predicted octanol–water partition coefficient (Wildman–Crippen LogP) is 2.40. The van der Waals surface area contributed by atoms with Crippen molar-refractivity contribution in [2.75, 3.05) is 25.6 Å². The summed E-state index contributed by atoms with van der Waals surface area (Å²) in [6.45, 7) is 6.65. The van der Waals surface area contributed by atoms with Crippen LogP contribution in [0.25, 0.3) is 0 Å². The van der Waals surface area contributed by atoms with Crippen LogP contribution in [0.3, 0.4) is 0 Å². The molecule has 0 radical (unpaired) electrons. The largest absolute Gasteiger partial charge is 0.473 e. The molecule has 0 saturated heterocycles. The number of nitrogens with zero attached hydrogens (tertiary/aromatic N) is 3. The van der Waals surface area contributed by atoms with Crippen LogP contribution in [-0.2, 0) is 4.74 Å². The molecule has 21 heavy (non-hydrogen) atoms. The first-order valence-electron chi connectivity index (χ1n) is 6.82. The second-order valence-electron chi connectivity index (χ2n) is 5.12. The van der Waals surface area contributed by atoms with Gasteiger partial charge < -0.3 is 14.8 Å². The molecule has 1 heterocycles. The highest BCUT2D eigenvalue weighted by atomic mass is 16.6. The van der Waals surface area contributed by atoms with E-state index in [0.29, 0.717) is 13.0 Å². The summed E-state index contributed by atoms with van der Waals surface area (Å²) in [7, 11) is 1.61. The summed E-state index contributed by atoms with van der Waals surface area (Å²) in [5.41, 5.74) is -0.591. The second-order valence-corrected chi connectivity index (χ2v) is 5.12. The van der Waals surface area contributed by atoms with Crippen molar-refractivity contribution < 1.29 is 14.4 Å². The van der Waals surface area contributed by atoms with Crippen LogP contribution in [0.1, 0.15) is 33.6 Å². The standard InChI is InChI=1S/C13H22N4O4/c1-5-7-14-11-10(17(18)19)12(16-9-15-11)21-8-6-13(2,3)20-4/h9H,5-8H2,1-4H3,(H,14,15,16). The van der Waals surface area contributed by atoms with Crippen molar-refractivity contribution in [3.63, 3.8) is 0 Å². The highest BCUT2D eigenvalue weighted by molar-refractivity contribution is 5.61. The third-order valence-electron chi connectivity index (χ3n) is 3.01. The third-order valence-corrected chi connectivity index (χ3v) is 3.01. The van der Waals surface area contributed by atoms with Crippen molar-refractivity contribution in [3.8, 4) is 5.88 Å². The van der Waals surface area contributed by atoms with Gasteiger partial charge in [-0.2, -0.15) is 4.98 Å². The molecule has 8 nitrogen and oxygen atoms in total. The van der Waals surface area contributed by atoms with E-state index in [-0.39, 0.29) is 29.6 Å². The first kappa shape index (κ1) is 17.1. The van der Waals surface area contributed by atoms with Crippen molar-refractivity contribution in [2.45, 2.75) is 39.2 Å². The quantitative estimate of drug-likeness (QED) is 0.552. The van der Waals surface area contributed by atoms with Crippen LogP contribution < -0.4 is 10.1 Å². The van der Waals surface area contributed by atoms with Crippen LogP contribution in [0.4, 0.5) is 11.5 Å². The molecule has 8 heteroatoms. The van der Waals surface area contributed by atoms with Crippen LogP contribution >= 0.6 is 0 Å². The van der Waals surface area contributed by atoms with Gasteiger partial charge in [0.2, 0.25) is 5.82 Å². The van der Waals surface area contributed by atoms with Crippen LogP contribution in [0.15, 0.2) is 6.33 Å². The Labute approximate surface area is 124 Å². The van der Waals surface area contributed by atoms with Gasteiger partial charge in [-0.1, -0.05) is 6.92 Å². The van der Waals surface area contributed by atoms with Crippen molar-refractivity contribution in [1.82, 2.24) is 9.97 Å². The van der Waals surface area contributed by atoms with Gasteiger partial charge in [0.25, 0.3) is 5.88 Å². The van der Waals surface area contributed by atoms with Crippen molar-refractivity contribution in [3.05, 3.63) is 16.4 Å². The molecule has 0 spiro atoms. The van der Waals surface area contributed by atoms with Gasteiger partial charge in [-0.3, -0.25) is 10.1 Å². The summed E-state index contributed by atoms with van der Waals surface area (Å²) in [6, 6.07) is 0. The fourth-order valence-corrected chi connectivity index (χ4v) is 1.50. The molecular formula is C13H22N4O4. The Bertz CT molecular complexity index is 479. The minimum atomic E-state index is -0.533. The minimum Gasteiger partial charge on any atom is -0.473 e. The van der Waals surface area contributed by atoms with Crippen molar-refractivity contribution in [2.24, 2.45) is 0 Å². The number of hydrogen-bond donors (Lipinski definition) is 1. The average molecular weight is 298 g/mol. The van der Waals surface area contributed by atoms with E-state index in [0.717, 1.165) is 6.42 Å². The van der Waals surface area contributed by atoms with E-state index in [1.54, 1.807) is 7.11 Å². The molecule has 1 rings (SSSR count). The molecule has 0 saturated carbocycles. The summed E-state index contributed by atoms with van der Waals surface area (Å²) in [5.74, 6) is 0.151. The maximum atomic E-state index is 11.2. The molecule has 0 unspecified atom stereocenters. The van der Waals surface area contributed by atoms with E-state index in [1.165, 1.54) is 6.33 Å². The van der Waals surface area contributed by atoms with E-state index in [2.05, 4.69) is 15.3 Å². The fourth-order valence-electron chi connectivity index (χ4n) is 1.50. The number of hydrogen-bond acceptors (Lipinski definition) is 7. The van der Waals surface area contributed by atoms with E-state index in [9.17, 15) is 10.1 Å². The topological polar surface area (TPSA) is 99.4 Å². The normalized spacial score (nSPS) is 11.2. The van der Waals surface area contributed by atoms with Gasteiger partial charge in [-0.05, 0) is 20.3 Å². The molecular weight excluding hydrogens is 276 g/mol. The molecule has 0 aliphatic carbocycles. The first-order chi connectivity index (χ1) is 9.91. The number of aromatic nitrogens is 2. The van der Waals surface area contributed by atoms with E-state index in [1.807, 2.05) is 20.8 Å². The molecule has 1 aromatic rings. The van der Waals surface area contributed by atoms with Crippen LogP contribution in [0, 0.1) is 10.1 Å². The van der Waals surface area contributed by atoms with Crippen molar-refractivity contribution >= 4 is 11.5 Å². The van der Waals surface area contributed by atoms with Crippen LogP contribution in [-0.4, -0.2) is 40.8 Å². The monoisotopic (exact) mass is 298 g/mol. The zero-order valence-corrected chi connectivity index (χ0v) is 12.9. The molecule has 118 valence electrons. The molecule has 0 aliphatic heterocycles. The predicted molar refractivity (Wildman–Crippen MR) is 78.7 cm³/mol. The van der Waals surface area contributed by atoms with Crippen LogP contribution in [0.5, 0.6) is 5.88 Å².